The molecular formula is C13H21N3O2. The van der Waals surface area contributed by atoms with Crippen molar-refractivity contribution in [3.8, 4) is 0 Å². The molecule has 2 N–H and O–H groups in total. The lowest BCUT2D eigenvalue weighted by Gasteiger charge is -2.17. The highest BCUT2D eigenvalue weighted by Gasteiger charge is 2.18. The Balaban J connectivity index is 2.55. The molecule has 100 valence electrons. The maximum absolute atomic E-state index is 11.9. The zero-order valence-corrected chi connectivity index (χ0v) is 11.4. The minimum absolute atomic E-state index is 0.117. The number of nitrogens with one attached hydrogen (secondary N) is 2. The van der Waals surface area contributed by atoms with Crippen LogP contribution in [0.25, 0.3) is 0 Å². The van der Waals surface area contributed by atoms with Crippen LogP contribution in [0, 0.1) is 0 Å². The van der Waals surface area contributed by atoms with E-state index in [2.05, 4.69) is 10.6 Å². The van der Waals surface area contributed by atoms with E-state index in [1.165, 1.54) is 0 Å². The molecule has 0 aliphatic rings. The van der Waals surface area contributed by atoms with E-state index in [-0.39, 0.29) is 17.9 Å². The van der Waals surface area contributed by atoms with Crippen molar-refractivity contribution in [2.45, 2.75) is 39.3 Å². The fraction of sp³-hybridized carbons (Fsp3) is 0.538. The van der Waals surface area contributed by atoms with Crippen molar-refractivity contribution in [1.29, 1.82) is 0 Å². The molecule has 0 unspecified atom stereocenters. The number of hydrogen-bond donors (Lipinski definition) is 2. The van der Waals surface area contributed by atoms with Gasteiger partial charge in [0, 0.05) is 19.3 Å². The number of nitrogens with zero attached hydrogens (tertiary/aromatic N) is 1. The molecule has 5 nitrogen and oxygen atoms in total. The van der Waals surface area contributed by atoms with Gasteiger partial charge in [-0.1, -0.05) is 6.92 Å². The van der Waals surface area contributed by atoms with Crippen molar-refractivity contribution in [2.75, 3.05) is 0 Å². The van der Waals surface area contributed by atoms with E-state index < -0.39 is 6.04 Å². The summed E-state index contributed by atoms with van der Waals surface area (Å²) in [5.41, 5.74) is 0.540. The molecule has 0 saturated heterocycles. The smallest absolute Gasteiger partial charge is 0.268 e. The van der Waals surface area contributed by atoms with Crippen LogP contribution in [0.1, 0.15) is 37.7 Å². The molecule has 0 bridgehead atoms. The predicted octanol–water partition coefficient (Wildman–Crippen LogP) is 1.06. The van der Waals surface area contributed by atoms with Gasteiger partial charge in [0.25, 0.3) is 5.91 Å². The Kier molecular flexibility index (Phi) is 4.95. The monoisotopic (exact) mass is 251 g/mol. The summed E-state index contributed by atoms with van der Waals surface area (Å²) >= 11 is 0. The predicted molar refractivity (Wildman–Crippen MR) is 70.2 cm³/mol. The lowest BCUT2D eigenvalue weighted by atomic mass is 10.2. The van der Waals surface area contributed by atoms with Gasteiger partial charge in [-0.2, -0.15) is 0 Å². The molecule has 0 aromatic carbocycles. The molecule has 2 atom stereocenters. The molecule has 1 heterocycles. The second kappa shape index (κ2) is 6.23. The first-order chi connectivity index (χ1) is 8.45. The van der Waals surface area contributed by atoms with E-state index in [9.17, 15) is 9.59 Å². The topological polar surface area (TPSA) is 63.1 Å². The molecule has 0 radical (unpaired) electrons. The molecular weight excluding hydrogens is 230 g/mol. The van der Waals surface area contributed by atoms with Gasteiger partial charge < -0.3 is 15.2 Å². The molecule has 5 heteroatoms. The van der Waals surface area contributed by atoms with Crippen LogP contribution in [0.15, 0.2) is 18.3 Å². The molecule has 18 heavy (non-hydrogen) atoms. The van der Waals surface area contributed by atoms with Crippen molar-refractivity contribution >= 4 is 11.8 Å². The van der Waals surface area contributed by atoms with Gasteiger partial charge in [-0.05, 0) is 32.4 Å². The van der Waals surface area contributed by atoms with Gasteiger partial charge in [0.05, 0.1) is 0 Å². The maximum Gasteiger partial charge on any atom is 0.268 e. The molecule has 1 aromatic heterocycles. The third kappa shape index (κ3) is 3.61. The van der Waals surface area contributed by atoms with Crippen LogP contribution in [0.5, 0.6) is 0 Å². The molecule has 0 fully saturated rings. The molecule has 1 rings (SSSR count). The third-order valence-corrected chi connectivity index (χ3v) is 2.92. The Morgan fingerprint density at radius 1 is 1.33 bits per heavy atom. The zero-order chi connectivity index (χ0) is 13.7. The van der Waals surface area contributed by atoms with Crippen LogP contribution in [0.3, 0.4) is 0 Å². The van der Waals surface area contributed by atoms with Crippen LogP contribution in [0.2, 0.25) is 0 Å². The van der Waals surface area contributed by atoms with E-state index in [0.29, 0.717) is 5.69 Å². The number of carbonyl (C=O) groups excluding carboxylic acids is 2. The number of carbonyl (C=O) groups is 2. The largest absolute Gasteiger partial charge is 0.352 e. The SMILES string of the molecule is CC[C@H](C)NC(=O)[C@H](C)NC(=O)c1cccn1C. The Labute approximate surface area is 108 Å². The fourth-order valence-corrected chi connectivity index (χ4v) is 1.50. The van der Waals surface area contributed by atoms with Crippen LogP contribution in [-0.2, 0) is 11.8 Å². The molecule has 2 amide bonds. The first-order valence-corrected chi connectivity index (χ1v) is 6.18. The van der Waals surface area contributed by atoms with Gasteiger partial charge >= 0.3 is 0 Å². The fourth-order valence-electron chi connectivity index (χ4n) is 1.50. The number of hydrogen-bond acceptors (Lipinski definition) is 2. The van der Waals surface area contributed by atoms with E-state index >= 15 is 0 Å². The lowest BCUT2D eigenvalue weighted by Crippen LogP contribution is -2.47. The lowest BCUT2D eigenvalue weighted by molar-refractivity contribution is -0.123. The van der Waals surface area contributed by atoms with Crippen LogP contribution in [0.4, 0.5) is 0 Å². The van der Waals surface area contributed by atoms with Crippen LogP contribution >= 0.6 is 0 Å². The van der Waals surface area contributed by atoms with E-state index in [0.717, 1.165) is 6.42 Å². The summed E-state index contributed by atoms with van der Waals surface area (Å²) in [7, 11) is 1.79. The normalized spacial score (nSPS) is 13.8. The summed E-state index contributed by atoms with van der Waals surface area (Å²) in [4.78, 5) is 23.7. The van der Waals surface area contributed by atoms with E-state index in [1.807, 2.05) is 13.8 Å². The highest BCUT2D eigenvalue weighted by Crippen LogP contribution is 2.00. The van der Waals surface area contributed by atoms with Crippen molar-refractivity contribution in [1.82, 2.24) is 15.2 Å². The highest BCUT2D eigenvalue weighted by atomic mass is 16.2. The summed E-state index contributed by atoms with van der Waals surface area (Å²) in [5.74, 6) is -0.402. The standard InChI is InChI=1S/C13H21N3O2/c1-5-9(2)14-12(17)10(3)15-13(18)11-7-6-8-16(11)4/h6-10H,5H2,1-4H3,(H,14,17)(H,15,18)/t9-,10-/m0/s1. The quantitative estimate of drug-likeness (QED) is 0.822. The average molecular weight is 251 g/mol. The van der Waals surface area contributed by atoms with Crippen molar-refractivity contribution in [3.63, 3.8) is 0 Å². The van der Waals surface area contributed by atoms with Gasteiger partial charge in [-0.15, -0.1) is 0 Å². The maximum atomic E-state index is 11.9. The molecule has 0 aliphatic carbocycles. The van der Waals surface area contributed by atoms with Gasteiger partial charge in [0.15, 0.2) is 0 Å². The summed E-state index contributed by atoms with van der Waals surface area (Å²) < 4.78 is 1.72. The minimum Gasteiger partial charge on any atom is -0.352 e. The van der Waals surface area contributed by atoms with E-state index in [1.54, 1.807) is 36.9 Å². The number of aryl methyl sites for hydroxylation is 1. The minimum atomic E-state index is -0.540. The van der Waals surface area contributed by atoms with Gasteiger partial charge in [-0.3, -0.25) is 9.59 Å². The first-order valence-electron chi connectivity index (χ1n) is 6.18. The molecule has 0 spiro atoms. The van der Waals surface area contributed by atoms with Crippen molar-refractivity contribution in [3.05, 3.63) is 24.0 Å². The summed E-state index contributed by atoms with van der Waals surface area (Å²) in [5, 5.41) is 5.51. The Hall–Kier alpha value is -1.78. The summed E-state index contributed by atoms with van der Waals surface area (Å²) in [6.45, 7) is 5.61. The van der Waals surface area contributed by atoms with Crippen LogP contribution in [-0.4, -0.2) is 28.5 Å². The zero-order valence-electron chi connectivity index (χ0n) is 11.4. The van der Waals surface area contributed by atoms with Gasteiger partial charge in [0.1, 0.15) is 11.7 Å². The summed E-state index contributed by atoms with van der Waals surface area (Å²) in [6.07, 6.45) is 2.66. The third-order valence-electron chi connectivity index (χ3n) is 2.92. The number of aromatic nitrogens is 1. The Bertz CT molecular complexity index is 426. The Morgan fingerprint density at radius 3 is 2.50 bits per heavy atom. The van der Waals surface area contributed by atoms with E-state index in [4.69, 9.17) is 0 Å². The average Bonchev–Trinajstić information content (AvgIpc) is 2.75. The number of rotatable bonds is 5. The van der Waals surface area contributed by atoms with Gasteiger partial charge in [-0.25, -0.2) is 0 Å². The molecule has 1 aromatic rings. The van der Waals surface area contributed by atoms with Crippen molar-refractivity contribution in [2.24, 2.45) is 7.05 Å². The first kappa shape index (κ1) is 14.3. The summed E-state index contributed by atoms with van der Waals surface area (Å²) in [6, 6.07) is 3.08. The number of amides is 2. The van der Waals surface area contributed by atoms with Crippen LogP contribution < -0.4 is 10.6 Å². The van der Waals surface area contributed by atoms with Gasteiger partial charge in [0.2, 0.25) is 5.91 Å². The Morgan fingerprint density at radius 2 is 2.00 bits per heavy atom. The molecule has 0 saturated carbocycles. The second-order valence-electron chi connectivity index (χ2n) is 4.52. The highest BCUT2D eigenvalue weighted by molar-refractivity contribution is 5.96. The van der Waals surface area contributed by atoms with Crippen molar-refractivity contribution < 1.29 is 9.59 Å². The molecule has 0 aliphatic heterocycles. The second-order valence-corrected chi connectivity index (χ2v) is 4.52.